The van der Waals surface area contributed by atoms with E-state index in [4.69, 9.17) is 22.1 Å². The van der Waals surface area contributed by atoms with Crippen LogP contribution in [-0.4, -0.2) is 31.3 Å². The van der Waals surface area contributed by atoms with Crippen molar-refractivity contribution in [2.75, 3.05) is 18.5 Å². The van der Waals surface area contributed by atoms with E-state index in [1.807, 2.05) is 0 Å². The average molecular weight is 312 g/mol. The van der Waals surface area contributed by atoms with Gasteiger partial charge in [0.2, 0.25) is 0 Å². The summed E-state index contributed by atoms with van der Waals surface area (Å²) in [6.07, 6.45) is 4.34. The molecular formula is C15H22ClN3O2. The van der Waals surface area contributed by atoms with Gasteiger partial charge in [-0.1, -0.05) is 17.7 Å². The second-order valence-corrected chi connectivity index (χ2v) is 5.74. The van der Waals surface area contributed by atoms with Gasteiger partial charge in [-0.25, -0.2) is 4.79 Å². The Morgan fingerprint density at radius 1 is 1.33 bits per heavy atom. The van der Waals surface area contributed by atoms with Gasteiger partial charge in [0.1, 0.15) is 0 Å². The quantitative estimate of drug-likeness (QED) is 0.732. The van der Waals surface area contributed by atoms with Crippen molar-refractivity contribution in [1.82, 2.24) is 5.32 Å². The zero-order valence-corrected chi connectivity index (χ0v) is 12.7. The van der Waals surface area contributed by atoms with Crippen LogP contribution in [0.25, 0.3) is 0 Å². The fourth-order valence-electron chi connectivity index (χ4n) is 2.39. The van der Waals surface area contributed by atoms with Crippen LogP contribution < -0.4 is 16.4 Å². The lowest BCUT2D eigenvalue weighted by atomic mass is 9.94. The second-order valence-electron chi connectivity index (χ2n) is 5.30. The Balaban J connectivity index is 1.59. The van der Waals surface area contributed by atoms with Crippen LogP contribution in [0.3, 0.4) is 0 Å². The van der Waals surface area contributed by atoms with Crippen LogP contribution in [0.15, 0.2) is 24.3 Å². The third kappa shape index (κ3) is 5.91. The number of anilines is 1. The highest BCUT2D eigenvalue weighted by Gasteiger charge is 2.18. The summed E-state index contributed by atoms with van der Waals surface area (Å²) < 4.78 is 5.73. The maximum atomic E-state index is 11.7. The number of hydrogen-bond donors (Lipinski definition) is 3. The molecule has 1 aliphatic rings. The van der Waals surface area contributed by atoms with Gasteiger partial charge in [-0.2, -0.15) is 0 Å². The van der Waals surface area contributed by atoms with Crippen molar-refractivity contribution in [3.05, 3.63) is 29.3 Å². The topological polar surface area (TPSA) is 76.4 Å². The Bertz CT molecular complexity index is 462. The van der Waals surface area contributed by atoms with Gasteiger partial charge in [-0.3, -0.25) is 0 Å². The molecule has 6 heteroatoms. The third-order valence-electron chi connectivity index (χ3n) is 3.54. The average Bonchev–Trinajstić information content (AvgIpc) is 2.45. The Kier molecular flexibility index (Phi) is 6.29. The lowest BCUT2D eigenvalue weighted by molar-refractivity contribution is 0.0280. The number of amides is 2. The Labute approximate surface area is 130 Å². The highest BCUT2D eigenvalue weighted by molar-refractivity contribution is 6.30. The van der Waals surface area contributed by atoms with Crippen LogP contribution in [0.2, 0.25) is 5.02 Å². The monoisotopic (exact) mass is 311 g/mol. The normalized spacial score (nSPS) is 21.8. The molecule has 2 rings (SSSR count). The van der Waals surface area contributed by atoms with Gasteiger partial charge in [0.05, 0.1) is 12.7 Å². The molecule has 0 unspecified atom stereocenters. The van der Waals surface area contributed by atoms with E-state index < -0.39 is 0 Å². The number of benzene rings is 1. The zero-order chi connectivity index (χ0) is 15.1. The Morgan fingerprint density at radius 3 is 2.81 bits per heavy atom. The van der Waals surface area contributed by atoms with E-state index in [9.17, 15) is 4.79 Å². The van der Waals surface area contributed by atoms with E-state index in [0.29, 0.717) is 29.9 Å². The van der Waals surface area contributed by atoms with Gasteiger partial charge in [-0.15, -0.1) is 0 Å². The molecule has 1 aromatic rings. The number of urea groups is 1. The number of rotatable bonds is 5. The molecule has 1 fully saturated rings. The summed E-state index contributed by atoms with van der Waals surface area (Å²) in [4.78, 5) is 11.7. The standard InChI is InChI=1S/C15H22ClN3O2/c16-11-2-1-3-13(10-11)19-15(20)18-8-9-21-14-6-4-12(17)5-7-14/h1-3,10,12,14H,4-9,17H2,(H2,18,19,20). The molecule has 21 heavy (non-hydrogen) atoms. The molecule has 4 N–H and O–H groups in total. The molecular weight excluding hydrogens is 290 g/mol. The summed E-state index contributed by atoms with van der Waals surface area (Å²) in [6.45, 7) is 0.998. The number of nitrogens with two attached hydrogens (primary N) is 1. The van der Waals surface area contributed by atoms with E-state index in [1.165, 1.54) is 0 Å². The second kappa shape index (κ2) is 8.22. The lowest BCUT2D eigenvalue weighted by Gasteiger charge is -2.26. The van der Waals surface area contributed by atoms with Gasteiger partial charge in [0, 0.05) is 23.3 Å². The summed E-state index contributed by atoms with van der Waals surface area (Å²) in [7, 11) is 0. The fraction of sp³-hybridized carbons (Fsp3) is 0.533. The molecule has 1 aromatic carbocycles. The molecule has 1 aliphatic carbocycles. The fourth-order valence-corrected chi connectivity index (χ4v) is 2.58. The van der Waals surface area contributed by atoms with E-state index in [0.717, 1.165) is 25.7 Å². The first-order valence-electron chi connectivity index (χ1n) is 7.31. The molecule has 5 nitrogen and oxygen atoms in total. The van der Waals surface area contributed by atoms with E-state index >= 15 is 0 Å². The number of nitrogens with one attached hydrogen (secondary N) is 2. The number of carbonyl (C=O) groups excluding carboxylic acids is 1. The van der Waals surface area contributed by atoms with Crippen molar-refractivity contribution in [3.8, 4) is 0 Å². The first kappa shape index (κ1) is 16.1. The smallest absolute Gasteiger partial charge is 0.319 e. The predicted octanol–water partition coefficient (Wildman–Crippen LogP) is 2.75. The summed E-state index contributed by atoms with van der Waals surface area (Å²) in [5.74, 6) is 0. The van der Waals surface area contributed by atoms with Crippen LogP contribution in [0.1, 0.15) is 25.7 Å². The van der Waals surface area contributed by atoms with E-state index in [-0.39, 0.29) is 12.1 Å². The maximum absolute atomic E-state index is 11.7. The minimum absolute atomic E-state index is 0.258. The minimum Gasteiger partial charge on any atom is -0.376 e. The minimum atomic E-state index is -0.258. The van der Waals surface area contributed by atoms with Gasteiger partial charge < -0.3 is 21.1 Å². The van der Waals surface area contributed by atoms with Gasteiger partial charge in [-0.05, 0) is 43.9 Å². The number of carbonyl (C=O) groups is 1. The number of halogens is 1. The van der Waals surface area contributed by atoms with Crippen LogP contribution in [0.4, 0.5) is 10.5 Å². The Morgan fingerprint density at radius 2 is 2.10 bits per heavy atom. The highest BCUT2D eigenvalue weighted by atomic mass is 35.5. The summed E-state index contributed by atoms with van der Waals surface area (Å²) in [6, 6.07) is 7.09. The molecule has 1 saturated carbocycles. The maximum Gasteiger partial charge on any atom is 0.319 e. The number of ether oxygens (including phenoxy) is 1. The molecule has 0 bridgehead atoms. The summed E-state index contributed by atoms with van der Waals surface area (Å²) in [5.41, 5.74) is 6.51. The van der Waals surface area contributed by atoms with E-state index in [2.05, 4.69) is 10.6 Å². The van der Waals surface area contributed by atoms with Crippen LogP contribution >= 0.6 is 11.6 Å². The molecule has 0 atom stereocenters. The molecule has 0 spiro atoms. The first-order valence-corrected chi connectivity index (χ1v) is 7.69. The summed E-state index contributed by atoms with van der Waals surface area (Å²) >= 11 is 5.85. The molecule has 0 radical (unpaired) electrons. The molecule has 0 saturated heterocycles. The zero-order valence-electron chi connectivity index (χ0n) is 12.0. The van der Waals surface area contributed by atoms with Crippen molar-refractivity contribution < 1.29 is 9.53 Å². The van der Waals surface area contributed by atoms with Crippen molar-refractivity contribution in [2.45, 2.75) is 37.8 Å². The van der Waals surface area contributed by atoms with Crippen LogP contribution in [0, 0.1) is 0 Å². The van der Waals surface area contributed by atoms with Gasteiger partial charge >= 0.3 is 6.03 Å². The molecule has 0 aliphatic heterocycles. The molecule has 2 amide bonds. The Hall–Kier alpha value is -1.30. The molecule has 0 aromatic heterocycles. The number of hydrogen-bond acceptors (Lipinski definition) is 3. The van der Waals surface area contributed by atoms with Gasteiger partial charge in [0.15, 0.2) is 0 Å². The lowest BCUT2D eigenvalue weighted by Crippen LogP contribution is -2.34. The van der Waals surface area contributed by atoms with Crippen LogP contribution in [-0.2, 0) is 4.74 Å². The SMILES string of the molecule is NC1CCC(OCCNC(=O)Nc2cccc(Cl)c2)CC1. The first-order chi connectivity index (χ1) is 10.1. The summed E-state index contributed by atoms with van der Waals surface area (Å²) in [5, 5.41) is 6.07. The predicted molar refractivity (Wildman–Crippen MR) is 84.7 cm³/mol. The molecule has 116 valence electrons. The molecule has 0 heterocycles. The van der Waals surface area contributed by atoms with Crippen molar-refractivity contribution in [1.29, 1.82) is 0 Å². The van der Waals surface area contributed by atoms with Crippen molar-refractivity contribution in [2.24, 2.45) is 5.73 Å². The van der Waals surface area contributed by atoms with Crippen LogP contribution in [0.5, 0.6) is 0 Å². The third-order valence-corrected chi connectivity index (χ3v) is 3.78. The van der Waals surface area contributed by atoms with E-state index in [1.54, 1.807) is 24.3 Å². The highest BCUT2D eigenvalue weighted by Crippen LogP contribution is 2.19. The van der Waals surface area contributed by atoms with Crippen molar-refractivity contribution >= 4 is 23.3 Å². The van der Waals surface area contributed by atoms with Gasteiger partial charge in [0.25, 0.3) is 0 Å². The largest absolute Gasteiger partial charge is 0.376 e. The van der Waals surface area contributed by atoms with Crippen molar-refractivity contribution in [3.63, 3.8) is 0 Å².